The van der Waals surface area contributed by atoms with Crippen molar-refractivity contribution in [1.29, 1.82) is 0 Å². The van der Waals surface area contributed by atoms with Crippen molar-refractivity contribution in [2.75, 3.05) is 12.3 Å². The molecule has 1 aromatic carbocycles. The van der Waals surface area contributed by atoms with E-state index in [1.54, 1.807) is 28.6 Å². The maximum absolute atomic E-state index is 12.5. The molecule has 5 heteroatoms. The molecule has 1 aliphatic heterocycles. The lowest BCUT2D eigenvalue weighted by Gasteiger charge is -2.35. The van der Waals surface area contributed by atoms with Gasteiger partial charge in [-0.25, -0.2) is 8.42 Å². The maximum atomic E-state index is 12.5. The maximum Gasteiger partial charge on any atom is 0.243 e. The fourth-order valence-electron chi connectivity index (χ4n) is 2.52. The summed E-state index contributed by atoms with van der Waals surface area (Å²) in [5, 5.41) is 0. The van der Waals surface area contributed by atoms with E-state index in [2.05, 4.69) is 6.92 Å². The third kappa shape index (κ3) is 2.52. The Bertz CT molecular complexity index is 510. The van der Waals surface area contributed by atoms with E-state index in [1.807, 2.05) is 6.92 Å². The van der Waals surface area contributed by atoms with Crippen molar-refractivity contribution in [2.45, 2.75) is 37.6 Å². The molecule has 0 radical (unpaired) electrons. The van der Waals surface area contributed by atoms with Crippen LogP contribution in [0.1, 0.15) is 26.7 Å². The lowest BCUT2D eigenvalue weighted by Crippen LogP contribution is -2.44. The van der Waals surface area contributed by atoms with E-state index in [1.165, 1.54) is 0 Å². The first kappa shape index (κ1) is 13.4. The third-order valence-electron chi connectivity index (χ3n) is 3.56. The zero-order valence-electron chi connectivity index (χ0n) is 10.8. The minimum Gasteiger partial charge on any atom is -0.399 e. The van der Waals surface area contributed by atoms with E-state index in [0.29, 0.717) is 23.0 Å². The number of nitrogens with zero attached hydrogens (tertiary/aromatic N) is 1. The van der Waals surface area contributed by atoms with Gasteiger partial charge in [-0.3, -0.25) is 0 Å². The second-order valence-electron chi connectivity index (χ2n) is 5.16. The normalized spacial score (nSPS) is 26.1. The van der Waals surface area contributed by atoms with Crippen molar-refractivity contribution in [3.63, 3.8) is 0 Å². The van der Waals surface area contributed by atoms with Crippen LogP contribution in [0.2, 0.25) is 0 Å². The Morgan fingerprint density at radius 1 is 1.22 bits per heavy atom. The first-order chi connectivity index (χ1) is 8.41. The summed E-state index contributed by atoms with van der Waals surface area (Å²) in [4.78, 5) is 0.332. The van der Waals surface area contributed by atoms with E-state index in [9.17, 15) is 8.42 Å². The second kappa shape index (κ2) is 4.90. The van der Waals surface area contributed by atoms with Crippen molar-refractivity contribution in [2.24, 2.45) is 5.92 Å². The monoisotopic (exact) mass is 268 g/mol. The number of piperidine rings is 1. The fourth-order valence-corrected chi connectivity index (χ4v) is 4.17. The number of sulfonamides is 1. The summed E-state index contributed by atoms with van der Waals surface area (Å²) >= 11 is 0. The molecule has 0 saturated carbocycles. The Morgan fingerprint density at radius 3 is 2.39 bits per heavy atom. The van der Waals surface area contributed by atoms with Gasteiger partial charge in [0.05, 0.1) is 4.90 Å². The molecule has 0 aromatic heterocycles. The van der Waals surface area contributed by atoms with Crippen molar-refractivity contribution in [1.82, 2.24) is 4.31 Å². The Kier molecular flexibility index (Phi) is 3.64. The fraction of sp³-hybridized carbons (Fsp3) is 0.538. The minimum absolute atomic E-state index is 0.0660. The topological polar surface area (TPSA) is 63.4 Å². The molecule has 1 aromatic rings. The molecule has 0 bridgehead atoms. The Hall–Kier alpha value is -1.07. The molecule has 4 nitrogen and oxygen atoms in total. The molecule has 0 aliphatic carbocycles. The predicted octanol–water partition coefficient (Wildman–Crippen LogP) is 2.08. The number of benzene rings is 1. The zero-order chi connectivity index (χ0) is 13.3. The molecular weight excluding hydrogens is 248 g/mol. The first-order valence-electron chi connectivity index (χ1n) is 6.28. The Labute approximate surface area is 109 Å². The third-order valence-corrected chi connectivity index (χ3v) is 5.59. The van der Waals surface area contributed by atoms with Crippen molar-refractivity contribution in [3.8, 4) is 0 Å². The van der Waals surface area contributed by atoms with E-state index in [4.69, 9.17) is 5.73 Å². The van der Waals surface area contributed by atoms with Crippen LogP contribution in [0.15, 0.2) is 29.2 Å². The first-order valence-corrected chi connectivity index (χ1v) is 7.72. The summed E-state index contributed by atoms with van der Waals surface area (Å²) in [6, 6.07) is 6.48. The highest BCUT2D eigenvalue weighted by molar-refractivity contribution is 7.89. The van der Waals surface area contributed by atoms with Crippen LogP contribution in [-0.2, 0) is 10.0 Å². The van der Waals surface area contributed by atoms with Crippen LogP contribution in [0.5, 0.6) is 0 Å². The minimum atomic E-state index is -3.37. The van der Waals surface area contributed by atoms with Gasteiger partial charge in [-0.2, -0.15) is 4.31 Å². The zero-order valence-corrected chi connectivity index (χ0v) is 11.7. The van der Waals surface area contributed by atoms with Gasteiger partial charge in [0.1, 0.15) is 0 Å². The van der Waals surface area contributed by atoms with E-state index in [-0.39, 0.29) is 6.04 Å². The molecule has 1 aliphatic rings. The van der Waals surface area contributed by atoms with Crippen LogP contribution >= 0.6 is 0 Å². The van der Waals surface area contributed by atoms with Crippen LogP contribution in [0.4, 0.5) is 5.69 Å². The van der Waals surface area contributed by atoms with Crippen LogP contribution in [0, 0.1) is 5.92 Å². The molecule has 18 heavy (non-hydrogen) atoms. The van der Waals surface area contributed by atoms with Gasteiger partial charge in [-0.15, -0.1) is 0 Å². The molecule has 0 spiro atoms. The number of hydrogen-bond acceptors (Lipinski definition) is 3. The number of hydrogen-bond donors (Lipinski definition) is 1. The van der Waals surface area contributed by atoms with E-state index < -0.39 is 10.0 Å². The van der Waals surface area contributed by atoms with Crippen molar-refractivity contribution >= 4 is 15.7 Å². The summed E-state index contributed by atoms with van der Waals surface area (Å²) < 4.78 is 26.6. The van der Waals surface area contributed by atoms with Crippen LogP contribution in [0.25, 0.3) is 0 Å². The second-order valence-corrected chi connectivity index (χ2v) is 7.05. The molecular formula is C13H20N2O2S. The van der Waals surface area contributed by atoms with Gasteiger partial charge in [-0.05, 0) is 49.9 Å². The van der Waals surface area contributed by atoms with Gasteiger partial charge in [-0.1, -0.05) is 6.92 Å². The predicted molar refractivity (Wildman–Crippen MR) is 72.6 cm³/mol. The van der Waals surface area contributed by atoms with Gasteiger partial charge >= 0.3 is 0 Å². The molecule has 1 saturated heterocycles. The molecule has 1 fully saturated rings. The molecule has 100 valence electrons. The van der Waals surface area contributed by atoms with Crippen molar-refractivity contribution < 1.29 is 8.42 Å². The average molecular weight is 268 g/mol. The molecule has 2 rings (SSSR count). The molecule has 2 unspecified atom stereocenters. The van der Waals surface area contributed by atoms with E-state index in [0.717, 1.165) is 12.8 Å². The molecule has 1 heterocycles. The van der Waals surface area contributed by atoms with Crippen LogP contribution < -0.4 is 5.73 Å². The molecule has 2 atom stereocenters. The largest absolute Gasteiger partial charge is 0.399 e. The number of anilines is 1. The average Bonchev–Trinajstić information content (AvgIpc) is 2.29. The SMILES string of the molecule is CC1CCN(S(=O)(=O)c2ccc(N)cc2)C(C)C1. The lowest BCUT2D eigenvalue weighted by molar-refractivity contribution is 0.220. The highest BCUT2D eigenvalue weighted by Crippen LogP contribution is 2.28. The molecule has 2 N–H and O–H groups in total. The summed E-state index contributed by atoms with van der Waals surface area (Å²) in [7, 11) is -3.37. The highest BCUT2D eigenvalue weighted by Gasteiger charge is 2.32. The summed E-state index contributed by atoms with van der Waals surface area (Å²) in [5.74, 6) is 0.595. The standard InChI is InChI=1S/C13H20N2O2S/c1-10-7-8-15(11(2)9-10)18(16,17)13-5-3-12(14)4-6-13/h3-6,10-11H,7-9,14H2,1-2H3. The number of rotatable bonds is 2. The Morgan fingerprint density at radius 2 is 1.83 bits per heavy atom. The summed E-state index contributed by atoms with van der Waals surface area (Å²) in [5.41, 5.74) is 6.16. The Balaban J connectivity index is 2.28. The quantitative estimate of drug-likeness (QED) is 0.835. The molecule has 0 amide bonds. The summed E-state index contributed by atoms with van der Waals surface area (Å²) in [6.45, 7) is 4.75. The van der Waals surface area contributed by atoms with Crippen LogP contribution in [-0.4, -0.2) is 25.3 Å². The van der Waals surface area contributed by atoms with Gasteiger partial charge in [0.25, 0.3) is 0 Å². The van der Waals surface area contributed by atoms with E-state index >= 15 is 0 Å². The van der Waals surface area contributed by atoms with Gasteiger partial charge in [0.15, 0.2) is 0 Å². The lowest BCUT2D eigenvalue weighted by atomic mass is 9.95. The highest BCUT2D eigenvalue weighted by atomic mass is 32.2. The van der Waals surface area contributed by atoms with Gasteiger partial charge in [0.2, 0.25) is 10.0 Å². The van der Waals surface area contributed by atoms with Crippen molar-refractivity contribution in [3.05, 3.63) is 24.3 Å². The number of nitrogens with two attached hydrogens (primary N) is 1. The smallest absolute Gasteiger partial charge is 0.243 e. The number of nitrogen functional groups attached to an aromatic ring is 1. The van der Waals surface area contributed by atoms with Crippen LogP contribution in [0.3, 0.4) is 0 Å². The van der Waals surface area contributed by atoms with Gasteiger partial charge in [0, 0.05) is 18.3 Å². The summed E-state index contributed by atoms with van der Waals surface area (Å²) in [6.07, 6.45) is 1.85. The van der Waals surface area contributed by atoms with Gasteiger partial charge < -0.3 is 5.73 Å².